The molecule has 1 rings (SSSR count). The number of aliphatic hydroxyl groups excluding tert-OH is 1. The largest absolute Gasteiger partial charge is 0.392 e. The predicted molar refractivity (Wildman–Crippen MR) is 45.4 cm³/mol. The Morgan fingerprint density at radius 1 is 1.22 bits per heavy atom. The van der Waals surface area contributed by atoms with Gasteiger partial charge in [0.2, 0.25) is 0 Å². The van der Waals surface area contributed by atoms with E-state index in [4.69, 9.17) is 0 Å². The molecule has 0 heterocycles. The molecule has 0 aliphatic heterocycles. The van der Waals surface area contributed by atoms with Gasteiger partial charge in [0.25, 0.3) is 0 Å². The Kier molecular flexibility index (Phi) is 2.73. The molecule has 3 unspecified atom stereocenters. The second-order valence-electron chi connectivity index (χ2n) is 2.60. The highest BCUT2D eigenvalue weighted by Gasteiger charge is 2.23. The number of thiol groups is 2. The summed E-state index contributed by atoms with van der Waals surface area (Å²) in [6, 6.07) is 0. The molecule has 0 radical (unpaired) electrons. The molecule has 0 saturated heterocycles. The minimum absolute atomic E-state index is 0.154. The summed E-state index contributed by atoms with van der Waals surface area (Å²) in [6.07, 6.45) is 2.63. The van der Waals surface area contributed by atoms with Crippen molar-refractivity contribution in [2.75, 3.05) is 0 Å². The maximum atomic E-state index is 9.19. The zero-order valence-corrected chi connectivity index (χ0v) is 6.98. The normalized spacial score (nSPS) is 45.0. The zero-order chi connectivity index (χ0) is 6.85. The van der Waals surface area contributed by atoms with Crippen LogP contribution in [-0.4, -0.2) is 21.7 Å². The molecule has 1 N–H and O–H groups in total. The molecular formula is C6H12OS2. The van der Waals surface area contributed by atoms with Gasteiger partial charge >= 0.3 is 0 Å². The highest BCUT2D eigenvalue weighted by Crippen LogP contribution is 2.26. The van der Waals surface area contributed by atoms with Crippen LogP contribution < -0.4 is 0 Å². The lowest BCUT2D eigenvalue weighted by molar-refractivity contribution is 0.139. The summed E-state index contributed by atoms with van der Waals surface area (Å²) in [5, 5.41) is 9.79. The number of hydrogen-bond donors (Lipinski definition) is 3. The average Bonchev–Trinajstić information content (AvgIpc) is 1.80. The summed E-state index contributed by atoms with van der Waals surface area (Å²) < 4.78 is 0. The first kappa shape index (κ1) is 7.76. The van der Waals surface area contributed by atoms with Crippen molar-refractivity contribution in [3.8, 4) is 0 Å². The lowest BCUT2D eigenvalue weighted by Crippen LogP contribution is -2.30. The van der Waals surface area contributed by atoms with Gasteiger partial charge in [-0.25, -0.2) is 0 Å². The van der Waals surface area contributed by atoms with Crippen LogP contribution in [0.3, 0.4) is 0 Å². The summed E-state index contributed by atoms with van der Waals surface area (Å²) in [5.41, 5.74) is 0. The molecular weight excluding hydrogens is 152 g/mol. The van der Waals surface area contributed by atoms with Crippen LogP contribution in [0, 0.1) is 0 Å². The maximum absolute atomic E-state index is 9.19. The van der Waals surface area contributed by atoms with Crippen molar-refractivity contribution >= 4 is 25.3 Å². The van der Waals surface area contributed by atoms with Crippen molar-refractivity contribution in [1.82, 2.24) is 0 Å². The van der Waals surface area contributed by atoms with Gasteiger partial charge in [-0.05, 0) is 19.3 Å². The molecule has 9 heavy (non-hydrogen) atoms. The van der Waals surface area contributed by atoms with Gasteiger partial charge < -0.3 is 5.11 Å². The lowest BCUT2D eigenvalue weighted by Gasteiger charge is -2.27. The lowest BCUT2D eigenvalue weighted by atomic mass is 9.97. The van der Waals surface area contributed by atoms with Crippen LogP contribution in [0.25, 0.3) is 0 Å². The number of aliphatic hydroxyl groups is 1. The molecule has 1 fully saturated rings. The Hall–Kier alpha value is 0.660. The van der Waals surface area contributed by atoms with Crippen LogP contribution >= 0.6 is 25.3 Å². The van der Waals surface area contributed by atoms with Crippen molar-refractivity contribution in [2.24, 2.45) is 0 Å². The second-order valence-corrected chi connectivity index (χ2v) is 4.00. The molecule has 0 aromatic carbocycles. The Balaban J connectivity index is 2.35. The van der Waals surface area contributed by atoms with E-state index in [-0.39, 0.29) is 11.4 Å². The first-order valence-electron chi connectivity index (χ1n) is 3.24. The molecule has 1 nitrogen and oxygen atoms in total. The van der Waals surface area contributed by atoms with Gasteiger partial charge in [-0.15, -0.1) is 0 Å². The highest BCUT2D eigenvalue weighted by atomic mass is 32.1. The van der Waals surface area contributed by atoms with Gasteiger partial charge in [0, 0.05) is 10.5 Å². The minimum atomic E-state index is -0.197. The van der Waals surface area contributed by atoms with Crippen molar-refractivity contribution < 1.29 is 5.11 Å². The van der Waals surface area contributed by atoms with E-state index in [0.29, 0.717) is 5.25 Å². The molecule has 1 aliphatic carbocycles. The molecule has 0 aromatic rings. The monoisotopic (exact) mass is 164 g/mol. The van der Waals surface area contributed by atoms with Crippen molar-refractivity contribution in [3.05, 3.63) is 0 Å². The Morgan fingerprint density at radius 3 is 2.33 bits per heavy atom. The van der Waals surface area contributed by atoms with Crippen LogP contribution in [0.2, 0.25) is 0 Å². The fourth-order valence-electron chi connectivity index (χ4n) is 1.11. The van der Waals surface area contributed by atoms with Crippen LogP contribution in [0.4, 0.5) is 0 Å². The zero-order valence-electron chi connectivity index (χ0n) is 5.20. The molecule has 0 aromatic heterocycles. The predicted octanol–water partition coefficient (Wildman–Crippen LogP) is 1.13. The topological polar surface area (TPSA) is 20.2 Å². The second kappa shape index (κ2) is 3.17. The molecule has 0 amide bonds. The van der Waals surface area contributed by atoms with E-state index in [1.165, 1.54) is 0 Å². The third-order valence-corrected chi connectivity index (χ3v) is 2.78. The Bertz CT molecular complexity index is 97.1. The molecule has 1 saturated carbocycles. The smallest absolute Gasteiger partial charge is 0.0657 e. The molecule has 0 bridgehead atoms. The van der Waals surface area contributed by atoms with E-state index in [9.17, 15) is 5.11 Å². The maximum Gasteiger partial charge on any atom is 0.0657 e. The summed E-state index contributed by atoms with van der Waals surface area (Å²) in [4.78, 5) is 0. The Labute approximate surface area is 66.7 Å². The third-order valence-electron chi connectivity index (χ3n) is 1.75. The SMILES string of the molecule is OC1CCC(S)CC1S. The van der Waals surface area contributed by atoms with Crippen molar-refractivity contribution in [3.63, 3.8) is 0 Å². The number of hydrogen-bond acceptors (Lipinski definition) is 3. The van der Waals surface area contributed by atoms with E-state index in [1.807, 2.05) is 0 Å². The molecule has 3 atom stereocenters. The first-order valence-corrected chi connectivity index (χ1v) is 4.27. The Morgan fingerprint density at radius 2 is 1.89 bits per heavy atom. The van der Waals surface area contributed by atoms with Crippen molar-refractivity contribution in [1.29, 1.82) is 0 Å². The highest BCUT2D eigenvalue weighted by molar-refractivity contribution is 7.82. The van der Waals surface area contributed by atoms with Crippen LogP contribution in [0.1, 0.15) is 19.3 Å². The summed E-state index contributed by atoms with van der Waals surface area (Å²) in [5.74, 6) is 0. The summed E-state index contributed by atoms with van der Waals surface area (Å²) >= 11 is 8.52. The summed E-state index contributed by atoms with van der Waals surface area (Å²) in [6.45, 7) is 0. The van der Waals surface area contributed by atoms with Crippen LogP contribution in [0.15, 0.2) is 0 Å². The molecule has 3 heteroatoms. The standard InChI is InChI=1S/C6H12OS2/c7-5-2-1-4(8)3-6(5)9/h4-9H,1-3H2. The van der Waals surface area contributed by atoms with Gasteiger partial charge in [-0.1, -0.05) is 0 Å². The van der Waals surface area contributed by atoms with E-state index < -0.39 is 0 Å². The van der Waals surface area contributed by atoms with E-state index in [2.05, 4.69) is 25.3 Å². The van der Waals surface area contributed by atoms with Gasteiger partial charge in [-0.2, -0.15) is 25.3 Å². The van der Waals surface area contributed by atoms with E-state index in [0.717, 1.165) is 19.3 Å². The average molecular weight is 164 g/mol. The first-order chi connectivity index (χ1) is 4.20. The van der Waals surface area contributed by atoms with Crippen LogP contribution in [0.5, 0.6) is 0 Å². The van der Waals surface area contributed by atoms with Gasteiger partial charge in [-0.3, -0.25) is 0 Å². The van der Waals surface area contributed by atoms with Gasteiger partial charge in [0.1, 0.15) is 0 Å². The molecule has 0 spiro atoms. The number of rotatable bonds is 0. The van der Waals surface area contributed by atoms with E-state index in [1.54, 1.807) is 0 Å². The van der Waals surface area contributed by atoms with Gasteiger partial charge in [0.05, 0.1) is 6.10 Å². The molecule has 54 valence electrons. The quantitative estimate of drug-likeness (QED) is 0.458. The minimum Gasteiger partial charge on any atom is -0.392 e. The fourth-order valence-corrected chi connectivity index (χ4v) is 2.06. The van der Waals surface area contributed by atoms with Gasteiger partial charge in [0.15, 0.2) is 0 Å². The summed E-state index contributed by atoms with van der Waals surface area (Å²) in [7, 11) is 0. The van der Waals surface area contributed by atoms with Crippen LogP contribution in [-0.2, 0) is 0 Å². The van der Waals surface area contributed by atoms with Crippen molar-refractivity contribution in [2.45, 2.75) is 35.9 Å². The third kappa shape index (κ3) is 2.06. The van der Waals surface area contributed by atoms with E-state index >= 15 is 0 Å². The molecule has 1 aliphatic rings. The fraction of sp³-hybridized carbons (Fsp3) is 1.00.